The van der Waals surface area contributed by atoms with Gasteiger partial charge in [-0.15, -0.1) is 50.5 Å². The number of rotatable bonds is 1. The molecule has 0 amide bonds. The lowest BCUT2D eigenvalue weighted by Gasteiger charge is -2.10. The van der Waals surface area contributed by atoms with E-state index < -0.39 is 0 Å². The van der Waals surface area contributed by atoms with Gasteiger partial charge < -0.3 is 0 Å². The summed E-state index contributed by atoms with van der Waals surface area (Å²) in [6.45, 7) is 0. The molecule has 4 aromatic rings. The fourth-order valence-electron chi connectivity index (χ4n) is 2.88. The second-order valence-electron chi connectivity index (χ2n) is 7.31. The molecule has 0 unspecified atom stereocenters. The fraction of sp³-hybridized carbons (Fsp3) is 0. The van der Waals surface area contributed by atoms with E-state index in [4.69, 9.17) is 0 Å². The third-order valence-electron chi connectivity index (χ3n) is 4.81. The molecule has 0 saturated carbocycles. The quantitative estimate of drug-likeness (QED) is 0.154. The topological polar surface area (TPSA) is 0 Å². The predicted octanol–water partition coefficient (Wildman–Crippen LogP) is 9.55. The van der Waals surface area contributed by atoms with Crippen LogP contribution in [0.1, 0.15) is 0 Å². The predicted molar refractivity (Wildman–Crippen MR) is 159 cm³/mol. The van der Waals surface area contributed by atoms with Gasteiger partial charge in [-0.3, -0.25) is 0 Å². The van der Waals surface area contributed by atoms with Gasteiger partial charge in [0, 0.05) is 19.6 Å². The van der Waals surface area contributed by atoms with Crippen LogP contribution < -0.4 is 0 Å². The Morgan fingerprint density at radius 2 is 0.676 bits per heavy atom. The number of benzene rings is 5. The van der Waals surface area contributed by atoms with Gasteiger partial charge in [-0.25, -0.2) is 0 Å². The van der Waals surface area contributed by atoms with Gasteiger partial charge in [-0.1, -0.05) is 91.0 Å². The molecule has 34 heavy (non-hydrogen) atoms. The first-order valence-corrected chi connectivity index (χ1v) is 12.5. The van der Waals surface area contributed by atoms with Gasteiger partial charge in [-0.2, -0.15) is 0 Å². The van der Waals surface area contributed by atoms with Crippen molar-refractivity contribution in [3.05, 3.63) is 133 Å². The Balaban J connectivity index is 0.000000134. The van der Waals surface area contributed by atoms with Crippen LogP contribution in [0.5, 0.6) is 0 Å². The summed E-state index contributed by atoms with van der Waals surface area (Å²) in [5.74, 6) is 0. The average Bonchev–Trinajstić information content (AvgIpc) is 2.86. The minimum absolute atomic E-state index is 0.975. The Bertz CT molecular complexity index is 1210. The van der Waals surface area contributed by atoms with Crippen molar-refractivity contribution in [3.8, 4) is 22.3 Å². The van der Waals surface area contributed by atoms with Crippen LogP contribution in [0.4, 0.5) is 0 Å². The van der Waals surface area contributed by atoms with Gasteiger partial charge >= 0.3 is 0 Å². The van der Waals surface area contributed by atoms with E-state index in [0.717, 1.165) is 19.6 Å². The molecule has 0 atom stereocenters. The highest BCUT2D eigenvalue weighted by Crippen LogP contribution is 2.29. The van der Waals surface area contributed by atoms with Gasteiger partial charge in [0.05, 0.1) is 0 Å². The summed E-state index contributed by atoms with van der Waals surface area (Å²) < 4.78 is 0. The zero-order valence-electron chi connectivity index (χ0n) is 18.5. The molecule has 4 aromatic carbocycles. The molecule has 170 valence electrons. The molecule has 0 bridgehead atoms. The Morgan fingerprint density at radius 3 is 1.03 bits per heavy atom. The van der Waals surface area contributed by atoms with Crippen LogP contribution in [-0.2, 0) is 0 Å². The summed E-state index contributed by atoms with van der Waals surface area (Å²) in [5, 5.41) is 0. The second-order valence-corrected chi connectivity index (χ2v) is 9.34. The monoisotopic (exact) mass is 514 g/mol. The third kappa shape index (κ3) is 8.69. The van der Waals surface area contributed by atoms with Crippen LogP contribution in [0.3, 0.4) is 0 Å². The van der Waals surface area contributed by atoms with Gasteiger partial charge in [0.25, 0.3) is 0 Å². The summed E-state index contributed by atoms with van der Waals surface area (Å²) in [7, 11) is 0. The molecule has 2 aliphatic rings. The van der Waals surface area contributed by atoms with Crippen molar-refractivity contribution in [1.82, 2.24) is 0 Å². The minimum atomic E-state index is 0.975. The average molecular weight is 515 g/mol. The summed E-state index contributed by atoms with van der Waals surface area (Å²) in [4.78, 5) is 3.99. The smallest absolute Gasteiger partial charge is 0.0119 e. The van der Waals surface area contributed by atoms with Gasteiger partial charge in [0.15, 0.2) is 0 Å². The lowest BCUT2D eigenvalue weighted by molar-refractivity contribution is 1.37. The molecular weight excluding hydrogens is 489 g/mol. The van der Waals surface area contributed by atoms with E-state index in [-0.39, 0.29) is 0 Å². The van der Waals surface area contributed by atoms with Crippen molar-refractivity contribution in [2.75, 3.05) is 0 Å². The van der Waals surface area contributed by atoms with Crippen molar-refractivity contribution >= 4 is 50.5 Å². The Morgan fingerprint density at radius 1 is 0.294 bits per heavy atom. The lowest BCUT2D eigenvalue weighted by Crippen LogP contribution is -1.85. The van der Waals surface area contributed by atoms with Gasteiger partial charge in [-0.05, 0) is 64.7 Å². The molecule has 0 spiro atoms. The molecule has 0 aliphatic heterocycles. The standard InChI is InChI=1S/C12H10S.C6H6S2.C6H6S.C6H4/c13-12-9-5-4-8-11(12)10-6-2-1-3-7-10;7-5-1-2-6(8)4-3-5;7-6-4-2-1-3-5-6;1-2-6-4-3-5(1)6/h1-9,13H;1-4,7-8H;1-5,7H;1-4H. The highest BCUT2D eigenvalue weighted by Gasteiger charge is 2.04. The first-order chi connectivity index (χ1) is 16.5. The van der Waals surface area contributed by atoms with Crippen LogP contribution in [0.25, 0.3) is 22.3 Å². The van der Waals surface area contributed by atoms with Crippen molar-refractivity contribution in [2.45, 2.75) is 19.6 Å². The second kappa shape index (κ2) is 14.0. The summed E-state index contributed by atoms with van der Waals surface area (Å²) in [5.41, 5.74) is 5.25. The molecular formula is C30H26S4. The lowest BCUT2D eigenvalue weighted by atomic mass is 9.95. The normalized spacial score (nSPS) is 9.76. The van der Waals surface area contributed by atoms with Crippen LogP contribution in [0.15, 0.2) is 153 Å². The number of hydrogen-bond acceptors (Lipinski definition) is 4. The van der Waals surface area contributed by atoms with Crippen molar-refractivity contribution in [1.29, 1.82) is 0 Å². The van der Waals surface area contributed by atoms with Crippen LogP contribution >= 0.6 is 50.5 Å². The first-order valence-electron chi connectivity index (χ1n) is 10.7. The van der Waals surface area contributed by atoms with Crippen LogP contribution in [0.2, 0.25) is 0 Å². The number of hydrogen-bond donors (Lipinski definition) is 4. The summed E-state index contributed by atoms with van der Waals surface area (Å²) in [6, 6.07) is 44.3. The maximum absolute atomic E-state index is 4.41. The van der Waals surface area contributed by atoms with E-state index in [1.54, 1.807) is 0 Å². The molecule has 4 heteroatoms. The summed E-state index contributed by atoms with van der Waals surface area (Å²) >= 11 is 16.7. The number of fused-ring (bicyclic) bond motifs is 1. The molecule has 2 aliphatic carbocycles. The SMILES string of the molecule is Sc1ccc(S)cc1.Sc1ccccc1.Sc1ccccc1-c1ccccc1.c1cc2ccc1-2. The Labute approximate surface area is 224 Å². The van der Waals surface area contributed by atoms with E-state index in [2.05, 4.69) is 93.0 Å². The van der Waals surface area contributed by atoms with Crippen molar-refractivity contribution in [3.63, 3.8) is 0 Å². The highest BCUT2D eigenvalue weighted by atomic mass is 32.1. The fourth-order valence-corrected chi connectivity index (χ4v) is 3.64. The van der Waals surface area contributed by atoms with E-state index in [1.165, 1.54) is 22.3 Å². The summed E-state index contributed by atoms with van der Waals surface area (Å²) in [6.07, 6.45) is 0. The van der Waals surface area contributed by atoms with Gasteiger partial charge in [0.1, 0.15) is 0 Å². The molecule has 0 N–H and O–H groups in total. The minimum Gasteiger partial charge on any atom is -0.143 e. The Hall–Kier alpha value is -2.50. The zero-order valence-corrected chi connectivity index (χ0v) is 22.1. The molecule has 0 heterocycles. The van der Waals surface area contributed by atoms with Crippen molar-refractivity contribution in [2.24, 2.45) is 0 Å². The van der Waals surface area contributed by atoms with Gasteiger partial charge in [0.2, 0.25) is 0 Å². The maximum Gasteiger partial charge on any atom is 0.0119 e. The largest absolute Gasteiger partial charge is 0.143 e. The molecule has 0 radical (unpaired) electrons. The van der Waals surface area contributed by atoms with E-state index >= 15 is 0 Å². The molecule has 6 rings (SSSR count). The zero-order chi connectivity index (χ0) is 24.2. The molecule has 0 nitrogen and oxygen atoms in total. The van der Waals surface area contributed by atoms with Crippen LogP contribution in [-0.4, -0.2) is 0 Å². The van der Waals surface area contributed by atoms with E-state index in [0.29, 0.717) is 0 Å². The highest BCUT2D eigenvalue weighted by molar-refractivity contribution is 7.81. The molecule has 0 fully saturated rings. The third-order valence-corrected chi connectivity index (χ3v) is 6.10. The Kier molecular flexibility index (Phi) is 10.8. The number of thiol groups is 4. The van der Waals surface area contributed by atoms with E-state index in [1.807, 2.05) is 91.0 Å². The van der Waals surface area contributed by atoms with Crippen molar-refractivity contribution < 1.29 is 0 Å². The van der Waals surface area contributed by atoms with E-state index in [9.17, 15) is 0 Å². The maximum atomic E-state index is 4.41. The first kappa shape index (κ1) is 26.1. The molecule has 0 aromatic heterocycles. The van der Waals surface area contributed by atoms with Crippen LogP contribution in [0, 0.1) is 0 Å². The molecule has 0 saturated heterocycles.